The van der Waals surface area contributed by atoms with E-state index in [1.165, 1.54) is 30.3 Å². The van der Waals surface area contributed by atoms with Crippen LogP contribution in [0, 0.1) is 0 Å². The predicted molar refractivity (Wildman–Crippen MR) is 89.7 cm³/mol. The van der Waals surface area contributed by atoms with Crippen molar-refractivity contribution in [3.63, 3.8) is 0 Å². The molecule has 3 rings (SSSR count). The lowest BCUT2D eigenvalue weighted by Gasteiger charge is -2.26. The van der Waals surface area contributed by atoms with Crippen LogP contribution in [-0.4, -0.2) is 52.1 Å². The summed E-state index contributed by atoms with van der Waals surface area (Å²) >= 11 is 0. The maximum absolute atomic E-state index is 12.4. The zero-order valence-electron chi connectivity index (χ0n) is 13.4. The van der Waals surface area contributed by atoms with E-state index in [2.05, 4.69) is 4.72 Å². The minimum Gasteiger partial charge on any atom is -0.423 e. The van der Waals surface area contributed by atoms with Gasteiger partial charge < -0.3 is 14.1 Å². The van der Waals surface area contributed by atoms with E-state index in [0.29, 0.717) is 37.3 Å². The van der Waals surface area contributed by atoms with Crippen LogP contribution in [0.3, 0.4) is 0 Å². The molecule has 1 aliphatic rings. The van der Waals surface area contributed by atoms with Crippen LogP contribution in [0.5, 0.6) is 0 Å². The molecule has 1 saturated heterocycles. The van der Waals surface area contributed by atoms with Gasteiger partial charge in [-0.25, -0.2) is 17.9 Å². The summed E-state index contributed by atoms with van der Waals surface area (Å²) in [6.45, 7) is 2.08. The standard InChI is InChI=1S/C16H18N2O6S/c19-15(18-7-9-23-10-8-18)5-6-17-25(21,22)13-2-3-14-12(11-13)1-4-16(20)24-14/h1-4,11,17H,5-10H2. The van der Waals surface area contributed by atoms with E-state index in [9.17, 15) is 18.0 Å². The highest BCUT2D eigenvalue weighted by Crippen LogP contribution is 2.17. The number of sulfonamides is 1. The first-order valence-corrected chi connectivity index (χ1v) is 9.33. The second kappa shape index (κ2) is 7.34. The van der Waals surface area contributed by atoms with Gasteiger partial charge in [-0.3, -0.25) is 4.79 Å². The number of nitrogens with zero attached hydrogens (tertiary/aromatic N) is 1. The minimum atomic E-state index is -3.75. The quantitative estimate of drug-likeness (QED) is 0.764. The topological polar surface area (TPSA) is 106 Å². The van der Waals surface area contributed by atoms with Crippen molar-refractivity contribution in [3.8, 4) is 0 Å². The van der Waals surface area contributed by atoms with E-state index >= 15 is 0 Å². The van der Waals surface area contributed by atoms with E-state index in [1.807, 2.05) is 0 Å². The summed E-state index contributed by atoms with van der Waals surface area (Å²) in [5, 5.41) is 0.506. The molecule has 1 N–H and O–H groups in total. The number of ether oxygens (including phenoxy) is 1. The normalized spacial score (nSPS) is 15.4. The third kappa shape index (κ3) is 4.25. The Hall–Kier alpha value is -2.23. The van der Waals surface area contributed by atoms with Gasteiger partial charge in [-0.1, -0.05) is 0 Å². The van der Waals surface area contributed by atoms with Gasteiger partial charge in [-0.2, -0.15) is 0 Å². The first kappa shape index (κ1) is 17.6. The van der Waals surface area contributed by atoms with Crippen molar-refractivity contribution in [3.05, 3.63) is 40.8 Å². The molecule has 0 aliphatic carbocycles. The minimum absolute atomic E-state index is 0.0143. The Morgan fingerprint density at radius 1 is 1.16 bits per heavy atom. The molecule has 0 bridgehead atoms. The van der Waals surface area contributed by atoms with Gasteiger partial charge in [0.05, 0.1) is 18.1 Å². The molecule has 2 aromatic rings. The van der Waals surface area contributed by atoms with E-state index in [-0.39, 0.29) is 23.8 Å². The number of rotatable bonds is 5. The van der Waals surface area contributed by atoms with E-state index in [4.69, 9.17) is 9.15 Å². The smallest absolute Gasteiger partial charge is 0.336 e. The second-order valence-corrected chi connectivity index (χ2v) is 7.36. The van der Waals surface area contributed by atoms with Crippen LogP contribution in [0.25, 0.3) is 11.0 Å². The molecule has 2 heterocycles. The Bertz CT molecular complexity index is 931. The molecule has 0 spiro atoms. The third-order valence-electron chi connectivity index (χ3n) is 3.90. The van der Waals surface area contributed by atoms with Gasteiger partial charge in [0.2, 0.25) is 15.9 Å². The summed E-state index contributed by atoms with van der Waals surface area (Å²) in [6, 6.07) is 6.95. The monoisotopic (exact) mass is 366 g/mol. The average molecular weight is 366 g/mol. The van der Waals surface area contributed by atoms with Crippen molar-refractivity contribution in [2.24, 2.45) is 0 Å². The summed E-state index contributed by atoms with van der Waals surface area (Å²) in [5.41, 5.74) is -0.184. The van der Waals surface area contributed by atoms with Crippen LogP contribution in [0.1, 0.15) is 6.42 Å². The number of hydrogen-bond acceptors (Lipinski definition) is 6. The highest BCUT2D eigenvalue weighted by molar-refractivity contribution is 7.89. The van der Waals surface area contributed by atoms with Gasteiger partial charge in [-0.05, 0) is 24.3 Å². The highest BCUT2D eigenvalue weighted by atomic mass is 32.2. The number of hydrogen-bond donors (Lipinski definition) is 1. The van der Waals surface area contributed by atoms with Crippen molar-refractivity contribution in [1.82, 2.24) is 9.62 Å². The van der Waals surface area contributed by atoms with Gasteiger partial charge in [0.15, 0.2) is 0 Å². The van der Waals surface area contributed by atoms with Crippen molar-refractivity contribution in [2.45, 2.75) is 11.3 Å². The molecule has 1 fully saturated rings. The molecular formula is C16H18N2O6S. The summed E-state index contributed by atoms with van der Waals surface area (Å²) in [4.78, 5) is 24.9. The van der Waals surface area contributed by atoms with Crippen molar-refractivity contribution in [2.75, 3.05) is 32.8 Å². The Morgan fingerprint density at radius 2 is 1.92 bits per heavy atom. The number of amides is 1. The Balaban J connectivity index is 1.64. The Morgan fingerprint density at radius 3 is 2.68 bits per heavy atom. The van der Waals surface area contributed by atoms with Crippen LogP contribution in [0.4, 0.5) is 0 Å². The summed E-state index contributed by atoms with van der Waals surface area (Å²) < 4.78 is 37.3. The summed E-state index contributed by atoms with van der Waals surface area (Å²) in [7, 11) is -3.75. The van der Waals surface area contributed by atoms with Crippen LogP contribution in [0.2, 0.25) is 0 Å². The van der Waals surface area contributed by atoms with Gasteiger partial charge in [0, 0.05) is 37.5 Å². The number of nitrogens with one attached hydrogen (secondary N) is 1. The summed E-state index contributed by atoms with van der Waals surface area (Å²) in [5.74, 6) is -0.105. The van der Waals surface area contributed by atoms with Crippen LogP contribution >= 0.6 is 0 Å². The van der Waals surface area contributed by atoms with Crippen molar-refractivity contribution < 1.29 is 22.4 Å². The first-order chi connectivity index (χ1) is 12.0. The SMILES string of the molecule is O=C(CCNS(=O)(=O)c1ccc2oc(=O)ccc2c1)N1CCOCC1. The maximum atomic E-state index is 12.4. The molecular weight excluding hydrogens is 348 g/mol. The number of carbonyl (C=O) groups is 1. The fourth-order valence-electron chi connectivity index (χ4n) is 2.56. The molecule has 0 radical (unpaired) electrons. The Labute approximate surface area is 144 Å². The number of morpholine rings is 1. The summed E-state index contributed by atoms with van der Waals surface area (Å²) in [6.07, 6.45) is 0.0850. The molecule has 25 heavy (non-hydrogen) atoms. The van der Waals surface area contributed by atoms with Crippen molar-refractivity contribution >= 4 is 26.9 Å². The number of carbonyl (C=O) groups excluding carboxylic acids is 1. The largest absolute Gasteiger partial charge is 0.423 e. The van der Waals surface area contributed by atoms with E-state index in [0.717, 1.165) is 0 Å². The van der Waals surface area contributed by atoms with Crippen LogP contribution in [0.15, 0.2) is 44.4 Å². The van der Waals surface area contributed by atoms with Gasteiger partial charge in [-0.15, -0.1) is 0 Å². The van der Waals surface area contributed by atoms with Gasteiger partial charge >= 0.3 is 5.63 Å². The number of benzene rings is 1. The lowest BCUT2D eigenvalue weighted by molar-refractivity contribution is -0.135. The van der Waals surface area contributed by atoms with Crippen LogP contribution in [-0.2, 0) is 19.6 Å². The zero-order chi connectivity index (χ0) is 17.9. The Kier molecular flexibility index (Phi) is 5.16. The molecule has 0 unspecified atom stereocenters. The fraction of sp³-hybridized carbons (Fsp3) is 0.375. The first-order valence-electron chi connectivity index (χ1n) is 7.85. The predicted octanol–water partition coefficient (Wildman–Crippen LogP) is 0.320. The lowest BCUT2D eigenvalue weighted by atomic mass is 10.2. The molecule has 1 aromatic heterocycles. The molecule has 0 saturated carbocycles. The molecule has 0 atom stereocenters. The third-order valence-corrected chi connectivity index (χ3v) is 5.35. The lowest BCUT2D eigenvalue weighted by Crippen LogP contribution is -2.42. The van der Waals surface area contributed by atoms with Gasteiger partial charge in [0.25, 0.3) is 0 Å². The van der Waals surface area contributed by atoms with Gasteiger partial charge in [0.1, 0.15) is 5.58 Å². The highest BCUT2D eigenvalue weighted by Gasteiger charge is 2.19. The van der Waals surface area contributed by atoms with E-state index in [1.54, 1.807) is 4.90 Å². The zero-order valence-corrected chi connectivity index (χ0v) is 14.3. The number of fused-ring (bicyclic) bond motifs is 1. The van der Waals surface area contributed by atoms with Crippen LogP contribution < -0.4 is 10.3 Å². The fourth-order valence-corrected chi connectivity index (χ4v) is 3.63. The molecule has 1 aliphatic heterocycles. The van der Waals surface area contributed by atoms with Crippen molar-refractivity contribution in [1.29, 1.82) is 0 Å². The average Bonchev–Trinajstić information content (AvgIpc) is 2.61. The molecule has 9 heteroatoms. The maximum Gasteiger partial charge on any atom is 0.336 e. The molecule has 8 nitrogen and oxygen atoms in total. The molecule has 1 aromatic carbocycles. The second-order valence-electron chi connectivity index (χ2n) is 5.59. The molecule has 134 valence electrons. The molecule has 1 amide bonds. The van der Waals surface area contributed by atoms with E-state index < -0.39 is 15.6 Å².